The van der Waals surface area contributed by atoms with E-state index in [9.17, 15) is 18.8 Å². The van der Waals surface area contributed by atoms with Crippen molar-refractivity contribution in [2.75, 3.05) is 6.54 Å². The summed E-state index contributed by atoms with van der Waals surface area (Å²) in [6, 6.07) is 3.94. The number of carbonyl (C=O) groups excluding carboxylic acids is 3. The summed E-state index contributed by atoms with van der Waals surface area (Å²) in [4.78, 5) is 48.1. The molecule has 2 N–H and O–H groups in total. The van der Waals surface area contributed by atoms with Gasteiger partial charge in [-0.3, -0.25) is 14.4 Å². The number of fused-ring (bicyclic) bond motifs is 1. The molecule has 2 amide bonds. The standard InChI is InChI=1S/C26H37FN4O3/c1-16(2)11-12-23(33)28-21(15-24(34)31-13-6-5-8-18(31)4)22(32)14-17(3)26-29-20-10-7-9-19(27)25(20)30-26/h7,9-10,16-18,21H,5-6,8,11-15H2,1-4H3,(H,28,33)(H,29,30)/t17-,18+,21+/m1/s1. The van der Waals surface area contributed by atoms with Crippen molar-refractivity contribution in [2.24, 2.45) is 5.92 Å². The van der Waals surface area contributed by atoms with Crippen molar-refractivity contribution >= 4 is 28.6 Å². The van der Waals surface area contributed by atoms with Gasteiger partial charge in [0.05, 0.1) is 18.0 Å². The maximum atomic E-state index is 14.0. The highest BCUT2D eigenvalue weighted by atomic mass is 19.1. The van der Waals surface area contributed by atoms with Crippen LogP contribution in [0.25, 0.3) is 11.0 Å². The summed E-state index contributed by atoms with van der Waals surface area (Å²) < 4.78 is 14.0. The second-order valence-electron chi connectivity index (χ2n) is 10.0. The van der Waals surface area contributed by atoms with Crippen LogP contribution in [-0.4, -0.2) is 51.1 Å². The Bertz CT molecular complexity index is 1020. The van der Waals surface area contributed by atoms with Crippen molar-refractivity contribution in [2.45, 2.75) is 90.6 Å². The number of imidazole rings is 1. The van der Waals surface area contributed by atoms with Gasteiger partial charge in [-0.15, -0.1) is 0 Å². The van der Waals surface area contributed by atoms with Crippen molar-refractivity contribution < 1.29 is 18.8 Å². The zero-order chi connectivity index (χ0) is 24.8. The number of hydrogen-bond donors (Lipinski definition) is 2. The Kier molecular flexibility index (Phi) is 8.80. The highest BCUT2D eigenvalue weighted by molar-refractivity contribution is 5.93. The molecule has 0 aliphatic carbocycles. The van der Waals surface area contributed by atoms with Gasteiger partial charge in [0.15, 0.2) is 11.6 Å². The number of rotatable bonds is 10. The molecular weight excluding hydrogens is 435 g/mol. The van der Waals surface area contributed by atoms with E-state index in [1.165, 1.54) is 6.07 Å². The van der Waals surface area contributed by atoms with E-state index < -0.39 is 11.9 Å². The van der Waals surface area contributed by atoms with Crippen LogP contribution < -0.4 is 5.32 Å². The predicted molar refractivity (Wildman–Crippen MR) is 130 cm³/mol. The third-order valence-corrected chi connectivity index (χ3v) is 6.63. The minimum absolute atomic E-state index is 0.0436. The molecule has 3 atom stereocenters. The van der Waals surface area contributed by atoms with Crippen molar-refractivity contribution in [3.8, 4) is 0 Å². The molecule has 7 nitrogen and oxygen atoms in total. The van der Waals surface area contributed by atoms with Crippen LogP contribution >= 0.6 is 0 Å². The number of carbonyl (C=O) groups is 3. The van der Waals surface area contributed by atoms with Crippen molar-refractivity contribution in [1.29, 1.82) is 0 Å². The zero-order valence-electron chi connectivity index (χ0n) is 20.7. The third kappa shape index (κ3) is 6.64. The van der Waals surface area contributed by atoms with E-state index in [-0.39, 0.29) is 47.9 Å². The number of aromatic amines is 1. The third-order valence-electron chi connectivity index (χ3n) is 6.63. The molecule has 8 heteroatoms. The second kappa shape index (κ2) is 11.6. The topological polar surface area (TPSA) is 95.2 Å². The second-order valence-corrected chi connectivity index (χ2v) is 10.0. The lowest BCUT2D eigenvalue weighted by molar-refractivity contribution is -0.138. The van der Waals surface area contributed by atoms with Crippen molar-refractivity contribution in [3.05, 3.63) is 29.8 Å². The number of halogens is 1. The molecule has 2 aromatic rings. The highest BCUT2D eigenvalue weighted by Crippen LogP contribution is 2.24. The Morgan fingerprint density at radius 3 is 2.65 bits per heavy atom. The molecule has 1 aromatic carbocycles. The summed E-state index contributed by atoms with van der Waals surface area (Å²) in [6.07, 6.45) is 4.06. The molecule has 3 rings (SSSR count). The van der Waals surface area contributed by atoms with Gasteiger partial charge in [0.2, 0.25) is 11.8 Å². The van der Waals surface area contributed by atoms with E-state index in [0.717, 1.165) is 19.3 Å². The average molecular weight is 473 g/mol. The van der Waals surface area contributed by atoms with Gasteiger partial charge in [-0.25, -0.2) is 9.37 Å². The first-order valence-electron chi connectivity index (χ1n) is 12.4. The number of para-hydroxylation sites is 1. The molecule has 186 valence electrons. The summed E-state index contributed by atoms with van der Waals surface area (Å²) in [7, 11) is 0. The first-order valence-corrected chi connectivity index (χ1v) is 12.4. The number of hydrogen-bond acceptors (Lipinski definition) is 4. The fourth-order valence-electron chi connectivity index (χ4n) is 4.48. The number of aromatic nitrogens is 2. The maximum Gasteiger partial charge on any atom is 0.225 e. The fourth-order valence-corrected chi connectivity index (χ4v) is 4.48. The first kappa shape index (κ1) is 25.8. The van der Waals surface area contributed by atoms with E-state index in [0.29, 0.717) is 36.6 Å². The Morgan fingerprint density at radius 2 is 1.97 bits per heavy atom. The summed E-state index contributed by atoms with van der Waals surface area (Å²) >= 11 is 0. The molecule has 1 fully saturated rings. The average Bonchev–Trinajstić information content (AvgIpc) is 3.23. The van der Waals surface area contributed by atoms with Crippen LogP contribution in [0.15, 0.2) is 18.2 Å². The Balaban J connectivity index is 1.71. The molecule has 1 aliphatic heterocycles. The molecule has 0 bridgehead atoms. The Hall–Kier alpha value is -2.77. The molecule has 2 heterocycles. The minimum atomic E-state index is -0.884. The Morgan fingerprint density at radius 1 is 1.21 bits per heavy atom. The number of H-pyrrole nitrogens is 1. The number of piperidine rings is 1. The fraction of sp³-hybridized carbons (Fsp3) is 0.615. The van der Waals surface area contributed by atoms with Gasteiger partial charge in [-0.1, -0.05) is 26.8 Å². The van der Waals surface area contributed by atoms with Crippen LogP contribution in [-0.2, 0) is 14.4 Å². The molecule has 0 saturated carbocycles. The van der Waals surface area contributed by atoms with E-state index in [2.05, 4.69) is 15.3 Å². The Labute approximate surface area is 200 Å². The number of nitrogens with one attached hydrogen (secondary N) is 2. The van der Waals surface area contributed by atoms with Crippen LogP contribution in [0.4, 0.5) is 4.39 Å². The number of amides is 2. The van der Waals surface area contributed by atoms with Crippen LogP contribution in [0, 0.1) is 11.7 Å². The van der Waals surface area contributed by atoms with Gasteiger partial charge < -0.3 is 15.2 Å². The quantitative estimate of drug-likeness (QED) is 0.533. The van der Waals surface area contributed by atoms with Gasteiger partial charge in [-0.05, 0) is 50.7 Å². The summed E-state index contributed by atoms with van der Waals surface area (Å²) in [5.41, 5.74) is 0.812. The van der Waals surface area contributed by atoms with E-state index in [4.69, 9.17) is 0 Å². The normalized spacial score (nSPS) is 18.2. The predicted octanol–water partition coefficient (Wildman–Crippen LogP) is 4.48. The number of nitrogens with zero attached hydrogens (tertiary/aromatic N) is 2. The first-order chi connectivity index (χ1) is 16.2. The largest absolute Gasteiger partial charge is 0.346 e. The van der Waals surface area contributed by atoms with Gasteiger partial charge in [0, 0.05) is 31.3 Å². The van der Waals surface area contributed by atoms with E-state index in [1.54, 1.807) is 12.1 Å². The maximum absolute atomic E-state index is 14.0. The van der Waals surface area contributed by atoms with Crippen LogP contribution in [0.1, 0.15) is 84.4 Å². The monoisotopic (exact) mass is 472 g/mol. The van der Waals surface area contributed by atoms with Crippen LogP contribution in [0.3, 0.4) is 0 Å². The van der Waals surface area contributed by atoms with Gasteiger partial charge in [-0.2, -0.15) is 0 Å². The lowest BCUT2D eigenvalue weighted by Crippen LogP contribution is -2.48. The molecule has 1 aliphatic rings. The number of likely N-dealkylation sites (tertiary alicyclic amines) is 1. The molecular formula is C26H37FN4O3. The molecule has 0 unspecified atom stereocenters. The highest BCUT2D eigenvalue weighted by Gasteiger charge is 2.30. The van der Waals surface area contributed by atoms with Crippen LogP contribution in [0.5, 0.6) is 0 Å². The SMILES string of the molecule is CC(C)CCC(=O)N[C@@H](CC(=O)N1CCCC[C@@H]1C)C(=O)C[C@@H](C)c1nc2c(F)cccc2[nH]1. The summed E-state index contributed by atoms with van der Waals surface area (Å²) in [5, 5.41) is 2.82. The van der Waals surface area contributed by atoms with Gasteiger partial charge >= 0.3 is 0 Å². The van der Waals surface area contributed by atoms with Gasteiger partial charge in [0.25, 0.3) is 0 Å². The molecule has 1 aromatic heterocycles. The number of benzene rings is 1. The molecule has 34 heavy (non-hydrogen) atoms. The zero-order valence-corrected chi connectivity index (χ0v) is 20.7. The molecule has 0 radical (unpaired) electrons. The summed E-state index contributed by atoms with van der Waals surface area (Å²) in [5.74, 6) is -0.408. The number of ketones is 1. The van der Waals surface area contributed by atoms with Gasteiger partial charge in [0.1, 0.15) is 11.3 Å². The molecule has 1 saturated heterocycles. The van der Waals surface area contributed by atoms with Crippen molar-refractivity contribution in [1.82, 2.24) is 20.2 Å². The van der Waals surface area contributed by atoms with E-state index in [1.807, 2.05) is 32.6 Å². The number of Topliss-reactive ketones (excluding diaryl/α,β-unsaturated/α-hetero) is 1. The van der Waals surface area contributed by atoms with Crippen LogP contribution in [0.2, 0.25) is 0 Å². The lowest BCUT2D eigenvalue weighted by atomic mass is 9.96. The smallest absolute Gasteiger partial charge is 0.225 e. The lowest BCUT2D eigenvalue weighted by Gasteiger charge is -2.34. The van der Waals surface area contributed by atoms with Crippen molar-refractivity contribution in [3.63, 3.8) is 0 Å². The minimum Gasteiger partial charge on any atom is -0.346 e. The van der Waals surface area contributed by atoms with E-state index >= 15 is 0 Å². The summed E-state index contributed by atoms with van der Waals surface area (Å²) in [6.45, 7) is 8.62. The molecule has 0 spiro atoms.